The molecule has 0 aliphatic heterocycles. The second kappa shape index (κ2) is 5.57. The first kappa shape index (κ1) is 14.0. The highest BCUT2D eigenvalue weighted by atomic mass is 35.5. The van der Waals surface area contributed by atoms with Crippen LogP contribution in [0.5, 0.6) is 0 Å². The summed E-state index contributed by atoms with van der Waals surface area (Å²) in [7, 11) is 0. The van der Waals surface area contributed by atoms with Gasteiger partial charge in [0, 0.05) is 23.0 Å². The number of rotatable bonds is 2. The highest BCUT2D eigenvalue weighted by Gasteiger charge is 2.11. The quantitative estimate of drug-likeness (QED) is 0.562. The maximum absolute atomic E-state index is 12.4. The zero-order chi connectivity index (χ0) is 15.8. The SMILES string of the molecule is O=c1c(=Cc2cccnc2)sc2nc(-c3ccc(Cl)cc3)nn12. The van der Waals surface area contributed by atoms with Crippen LogP contribution < -0.4 is 10.1 Å². The van der Waals surface area contributed by atoms with E-state index in [2.05, 4.69) is 15.1 Å². The first-order valence-electron chi connectivity index (χ1n) is 6.78. The lowest BCUT2D eigenvalue weighted by molar-refractivity contribution is 0.937. The number of thiazole rings is 1. The van der Waals surface area contributed by atoms with Gasteiger partial charge in [-0.1, -0.05) is 29.0 Å². The Labute approximate surface area is 139 Å². The number of halogens is 1. The Morgan fingerprint density at radius 2 is 2.00 bits per heavy atom. The van der Waals surface area contributed by atoms with Gasteiger partial charge in [0.15, 0.2) is 5.82 Å². The Kier molecular flexibility index (Phi) is 3.40. The molecule has 4 rings (SSSR count). The molecule has 3 aromatic heterocycles. The van der Waals surface area contributed by atoms with E-state index in [1.807, 2.05) is 24.3 Å². The third kappa shape index (κ3) is 2.62. The van der Waals surface area contributed by atoms with Gasteiger partial charge in [0.2, 0.25) is 4.96 Å². The lowest BCUT2D eigenvalue weighted by Gasteiger charge is -1.93. The fraction of sp³-hybridized carbons (Fsp3) is 0. The van der Waals surface area contributed by atoms with Gasteiger partial charge in [0.1, 0.15) is 0 Å². The Morgan fingerprint density at radius 1 is 1.17 bits per heavy atom. The van der Waals surface area contributed by atoms with Crippen molar-refractivity contribution in [2.45, 2.75) is 0 Å². The third-order valence-electron chi connectivity index (χ3n) is 3.27. The van der Waals surface area contributed by atoms with Gasteiger partial charge in [-0.2, -0.15) is 9.50 Å². The average Bonchev–Trinajstić information content (AvgIpc) is 3.10. The molecule has 0 aliphatic rings. The monoisotopic (exact) mass is 340 g/mol. The van der Waals surface area contributed by atoms with Crippen LogP contribution in [0.15, 0.2) is 53.6 Å². The molecule has 0 atom stereocenters. The summed E-state index contributed by atoms with van der Waals surface area (Å²) in [5, 5.41) is 4.95. The Hall–Kier alpha value is -2.57. The maximum atomic E-state index is 12.4. The van der Waals surface area contributed by atoms with E-state index in [9.17, 15) is 4.79 Å². The average molecular weight is 341 g/mol. The van der Waals surface area contributed by atoms with Crippen LogP contribution in [0, 0.1) is 0 Å². The van der Waals surface area contributed by atoms with Crippen LogP contribution in [-0.2, 0) is 0 Å². The van der Waals surface area contributed by atoms with Crippen molar-refractivity contribution in [1.82, 2.24) is 19.6 Å². The number of fused-ring (bicyclic) bond motifs is 1. The molecule has 23 heavy (non-hydrogen) atoms. The number of benzene rings is 1. The number of aromatic nitrogens is 4. The van der Waals surface area contributed by atoms with Crippen LogP contribution in [0.1, 0.15) is 5.56 Å². The number of hydrogen-bond acceptors (Lipinski definition) is 5. The van der Waals surface area contributed by atoms with Crippen molar-refractivity contribution in [1.29, 1.82) is 0 Å². The molecule has 0 bridgehead atoms. The van der Waals surface area contributed by atoms with Crippen molar-refractivity contribution in [2.24, 2.45) is 0 Å². The first-order valence-corrected chi connectivity index (χ1v) is 7.97. The predicted octanol–water partition coefficient (Wildman–Crippen LogP) is 2.41. The molecule has 0 aliphatic carbocycles. The summed E-state index contributed by atoms with van der Waals surface area (Å²) in [6.45, 7) is 0. The standard InChI is InChI=1S/C16H9ClN4OS/c17-12-5-3-11(4-6-12)14-19-16-21(20-14)15(22)13(23-16)8-10-2-1-7-18-9-10/h1-9H. The summed E-state index contributed by atoms with van der Waals surface area (Å²) in [6.07, 6.45) is 5.18. The maximum Gasteiger partial charge on any atom is 0.291 e. The van der Waals surface area contributed by atoms with E-state index in [0.29, 0.717) is 20.3 Å². The molecule has 1 aromatic carbocycles. The Morgan fingerprint density at radius 3 is 2.70 bits per heavy atom. The van der Waals surface area contributed by atoms with Crippen molar-refractivity contribution in [3.05, 3.63) is 74.3 Å². The van der Waals surface area contributed by atoms with E-state index in [1.54, 1.807) is 30.6 Å². The minimum atomic E-state index is -0.179. The summed E-state index contributed by atoms with van der Waals surface area (Å²) >= 11 is 7.18. The molecule has 0 saturated carbocycles. The first-order chi connectivity index (χ1) is 11.2. The molecule has 0 radical (unpaired) electrons. The van der Waals surface area contributed by atoms with Gasteiger partial charge in [0.25, 0.3) is 5.56 Å². The van der Waals surface area contributed by atoms with Crippen LogP contribution in [0.4, 0.5) is 0 Å². The van der Waals surface area contributed by atoms with E-state index >= 15 is 0 Å². The zero-order valence-electron chi connectivity index (χ0n) is 11.7. The molecule has 7 heteroatoms. The van der Waals surface area contributed by atoms with E-state index < -0.39 is 0 Å². The van der Waals surface area contributed by atoms with Crippen LogP contribution in [0.3, 0.4) is 0 Å². The van der Waals surface area contributed by atoms with Gasteiger partial charge in [-0.15, -0.1) is 5.10 Å². The van der Waals surface area contributed by atoms with E-state index in [-0.39, 0.29) is 5.56 Å². The predicted molar refractivity (Wildman–Crippen MR) is 90.6 cm³/mol. The third-order valence-corrected chi connectivity index (χ3v) is 4.48. The molecule has 0 unspecified atom stereocenters. The largest absolute Gasteiger partial charge is 0.291 e. The number of nitrogens with zero attached hydrogens (tertiary/aromatic N) is 4. The highest BCUT2D eigenvalue weighted by Crippen LogP contribution is 2.19. The summed E-state index contributed by atoms with van der Waals surface area (Å²) in [5.74, 6) is 0.512. The smallest absolute Gasteiger partial charge is 0.266 e. The zero-order valence-corrected chi connectivity index (χ0v) is 13.3. The fourth-order valence-electron chi connectivity index (χ4n) is 2.17. The minimum Gasteiger partial charge on any atom is -0.266 e. The lowest BCUT2D eigenvalue weighted by atomic mass is 10.2. The summed E-state index contributed by atoms with van der Waals surface area (Å²) in [5.41, 5.74) is 1.51. The molecule has 0 fully saturated rings. The second-order valence-corrected chi connectivity index (χ2v) is 6.28. The van der Waals surface area contributed by atoms with Crippen molar-refractivity contribution in [2.75, 3.05) is 0 Å². The van der Waals surface area contributed by atoms with Gasteiger partial charge in [-0.05, 0) is 42.0 Å². The van der Waals surface area contributed by atoms with Crippen molar-refractivity contribution in [3.8, 4) is 11.4 Å². The fourth-order valence-corrected chi connectivity index (χ4v) is 3.20. The number of pyridine rings is 1. The van der Waals surface area contributed by atoms with Crippen molar-refractivity contribution >= 4 is 34.0 Å². The molecule has 3 heterocycles. The Balaban J connectivity index is 1.82. The molecule has 112 valence electrons. The van der Waals surface area contributed by atoms with Gasteiger partial charge < -0.3 is 0 Å². The van der Waals surface area contributed by atoms with Crippen LogP contribution in [-0.4, -0.2) is 19.6 Å². The molecular formula is C16H9ClN4OS. The van der Waals surface area contributed by atoms with Crippen molar-refractivity contribution < 1.29 is 0 Å². The molecule has 0 N–H and O–H groups in total. The van der Waals surface area contributed by atoms with E-state index in [1.165, 1.54) is 15.9 Å². The Bertz CT molecular complexity index is 1090. The normalized spacial score (nSPS) is 12.1. The van der Waals surface area contributed by atoms with E-state index in [4.69, 9.17) is 11.6 Å². The minimum absolute atomic E-state index is 0.179. The van der Waals surface area contributed by atoms with Crippen molar-refractivity contribution in [3.63, 3.8) is 0 Å². The molecule has 0 spiro atoms. The molecule has 0 amide bonds. The topological polar surface area (TPSA) is 60.2 Å². The van der Waals surface area contributed by atoms with E-state index in [0.717, 1.165) is 11.1 Å². The van der Waals surface area contributed by atoms with Crippen LogP contribution >= 0.6 is 22.9 Å². The highest BCUT2D eigenvalue weighted by molar-refractivity contribution is 7.15. The lowest BCUT2D eigenvalue weighted by Crippen LogP contribution is -2.23. The van der Waals surface area contributed by atoms with Gasteiger partial charge in [-0.3, -0.25) is 9.78 Å². The summed E-state index contributed by atoms with van der Waals surface area (Å²) in [4.78, 5) is 21.5. The van der Waals surface area contributed by atoms with Crippen LogP contribution in [0.2, 0.25) is 5.02 Å². The molecular weight excluding hydrogens is 332 g/mol. The second-order valence-electron chi connectivity index (χ2n) is 4.84. The number of hydrogen-bond donors (Lipinski definition) is 0. The van der Waals surface area contributed by atoms with Gasteiger partial charge in [-0.25, -0.2) is 0 Å². The summed E-state index contributed by atoms with van der Waals surface area (Å²) < 4.78 is 1.91. The van der Waals surface area contributed by atoms with Crippen LogP contribution in [0.25, 0.3) is 22.4 Å². The molecule has 4 aromatic rings. The van der Waals surface area contributed by atoms with Gasteiger partial charge in [0.05, 0.1) is 4.53 Å². The molecule has 5 nitrogen and oxygen atoms in total. The summed E-state index contributed by atoms with van der Waals surface area (Å²) in [6, 6.07) is 10.9. The van der Waals surface area contributed by atoms with Gasteiger partial charge >= 0.3 is 0 Å². The molecule has 0 saturated heterocycles.